The molecule has 0 bridgehead atoms. The first kappa shape index (κ1) is 20.9. The van der Waals surface area contributed by atoms with E-state index in [9.17, 15) is 18.4 Å². The highest BCUT2D eigenvalue weighted by Crippen LogP contribution is 2.31. The second-order valence-corrected chi connectivity index (χ2v) is 7.28. The lowest BCUT2D eigenvalue weighted by Crippen LogP contribution is -2.35. The van der Waals surface area contributed by atoms with E-state index in [4.69, 9.17) is 15.2 Å². The van der Waals surface area contributed by atoms with Crippen LogP contribution in [0.25, 0.3) is 0 Å². The minimum Gasteiger partial charge on any atom is -0.471 e. The number of nitrogens with one attached hydrogen (secondary N) is 2. The van der Waals surface area contributed by atoms with Crippen LogP contribution in [0.15, 0.2) is 12.1 Å². The van der Waals surface area contributed by atoms with Gasteiger partial charge in [0.2, 0.25) is 5.88 Å². The monoisotopic (exact) mass is 426 g/mol. The Morgan fingerprint density at radius 3 is 2.86 bits per heavy atom. The van der Waals surface area contributed by atoms with Crippen molar-refractivity contribution in [3.05, 3.63) is 40.5 Å². The summed E-state index contributed by atoms with van der Waals surface area (Å²) in [6.07, 6.45) is 1.77. The van der Waals surface area contributed by atoms with Gasteiger partial charge in [0.25, 0.3) is 5.91 Å². The maximum atomic E-state index is 14.0. The molecule has 1 aromatic heterocycles. The molecule has 3 amide bonds. The summed E-state index contributed by atoms with van der Waals surface area (Å²) in [5, 5.41) is 5.23. The van der Waals surface area contributed by atoms with Crippen molar-refractivity contribution in [2.24, 2.45) is 5.73 Å². The number of benzene rings is 1. The van der Waals surface area contributed by atoms with E-state index < -0.39 is 23.6 Å². The van der Waals surface area contributed by atoms with Gasteiger partial charge in [0.15, 0.2) is 0 Å². The van der Waals surface area contributed by atoms with Crippen molar-refractivity contribution in [1.29, 1.82) is 0 Å². The second kappa shape index (κ2) is 9.14. The number of carbonyl (C=O) groups is 2. The summed E-state index contributed by atoms with van der Waals surface area (Å²) in [6, 6.07) is 1.51. The van der Waals surface area contributed by atoms with E-state index >= 15 is 0 Å². The van der Waals surface area contributed by atoms with Crippen molar-refractivity contribution in [2.75, 3.05) is 18.5 Å². The molecule has 4 N–H and O–H groups in total. The number of hydrogen-bond acceptors (Lipinski definition) is 6. The van der Waals surface area contributed by atoms with Crippen LogP contribution in [0.4, 0.5) is 18.6 Å². The standard InChI is InChI=1S/C18H20F2N4O4S/c1-9-5-13(20)10(6-12(9)19)8-28-16-14(15(21)25)17(29-24-16)23-18(26)22-7-11-3-2-4-27-11/h5-6,11H,2-4,7-8H2,1H3,(H2,21,25)(H2,22,23,26). The van der Waals surface area contributed by atoms with Gasteiger partial charge in [-0.05, 0) is 49.0 Å². The van der Waals surface area contributed by atoms with Gasteiger partial charge < -0.3 is 20.5 Å². The molecule has 1 unspecified atom stereocenters. The average Bonchev–Trinajstić information content (AvgIpc) is 3.31. The summed E-state index contributed by atoms with van der Waals surface area (Å²) in [7, 11) is 0. The minimum atomic E-state index is -0.876. The average molecular weight is 426 g/mol. The van der Waals surface area contributed by atoms with E-state index in [-0.39, 0.29) is 40.3 Å². The third-order valence-electron chi connectivity index (χ3n) is 4.34. The van der Waals surface area contributed by atoms with Gasteiger partial charge in [-0.2, -0.15) is 4.37 Å². The number of primary amides is 1. The van der Waals surface area contributed by atoms with E-state index in [0.29, 0.717) is 13.2 Å². The summed E-state index contributed by atoms with van der Waals surface area (Å²) in [6.45, 7) is 2.08. The quantitative estimate of drug-likeness (QED) is 0.630. The van der Waals surface area contributed by atoms with Gasteiger partial charge >= 0.3 is 6.03 Å². The van der Waals surface area contributed by atoms with Crippen LogP contribution in [-0.4, -0.2) is 35.6 Å². The molecule has 2 aromatic rings. The Labute approximate surface area is 169 Å². The fourth-order valence-corrected chi connectivity index (χ4v) is 3.52. The molecule has 1 aromatic carbocycles. The Balaban J connectivity index is 1.66. The molecule has 8 nitrogen and oxygen atoms in total. The van der Waals surface area contributed by atoms with Gasteiger partial charge in [-0.25, -0.2) is 13.6 Å². The Bertz CT molecular complexity index is 916. The van der Waals surface area contributed by atoms with Gasteiger partial charge in [0.1, 0.15) is 28.8 Å². The number of anilines is 1. The predicted molar refractivity (Wildman–Crippen MR) is 102 cm³/mol. The van der Waals surface area contributed by atoms with Crippen LogP contribution in [-0.2, 0) is 11.3 Å². The smallest absolute Gasteiger partial charge is 0.320 e. The van der Waals surface area contributed by atoms with Crippen LogP contribution in [0.5, 0.6) is 5.88 Å². The lowest BCUT2D eigenvalue weighted by atomic mass is 10.1. The van der Waals surface area contributed by atoms with E-state index in [2.05, 4.69) is 15.0 Å². The van der Waals surface area contributed by atoms with E-state index in [1.807, 2.05) is 0 Å². The van der Waals surface area contributed by atoms with Crippen molar-refractivity contribution in [1.82, 2.24) is 9.69 Å². The van der Waals surface area contributed by atoms with Crippen molar-refractivity contribution in [3.8, 4) is 5.88 Å². The number of carbonyl (C=O) groups excluding carboxylic acids is 2. The molecule has 1 atom stereocenters. The summed E-state index contributed by atoms with van der Waals surface area (Å²) in [5.74, 6) is -2.27. The van der Waals surface area contributed by atoms with Gasteiger partial charge in [-0.3, -0.25) is 10.1 Å². The molecule has 2 heterocycles. The van der Waals surface area contributed by atoms with Crippen LogP contribution in [0.2, 0.25) is 0 Å². The molecule has 1 aliphatic heterocycles. The molecule has 1 saturated heterocycles. The highest BCUT2D eigenvalue weighted by atomic mass is 32.1. The maximum absolute atomic E-state index is 14.0. The van der Waals surface area contributed by atoms with Crippen molar-refractivity contribution >= 4 is 28.5 Å². The topological polar surface area (TPSA) is 116 Å². The second-order valence-electron chi connectivity index (χ2n) is 6.51. The molecule has 1 aliphatic rings. The van der Waals surface area contributed by atoms with Gasteiger partial charge in [0, 0.05) is 18.7 Å². The lowest BCUT2D eigenvalue weighted by molar-refractivity contribution is 0.0996. The molecular formula is C18H20F2N4O4S. The third kappa shape index (κ3) is 5.18. The molecule has 3 rings (SSSR count). The van der Waals surface area contributed by atoms with Crippen LogP contribution in [0, 0.1) is 18.6 Å². The largest absolute Gasteiger partial charge is 0.471 e. The Kier molecular flexibility index (Phi) is 6.60. The molecule has 0 spiro atoms. The minimum absolute atomic E-state index is 0.0403. The van der Waals surface area contributed by atoms with Gasteiger partial charge in [-0.1, -0.05) is 0 Å². The molecular weight excluding hydrogens is 406 g/mol. The number of nitrogens with zero attached hydrogens (tertiary/aromatic N) is 1. The Hall–Kier alpha value is -2.79. The number of urea groups is 1. The summed E-state index contributed by atoms with van der Waals surface area (Å²) in [5.41, 5.74) is 5.35. The number of hydrogen-bond donors (Lipinski definition) is 3. The molecule has 156 valence electrons. The van der Waals surface area contributed by atoms with Crippen molar-refractivity contribution in [2.45, 2.75) is 32.5 Å². The molecule has 29 heavy (non-hydrogen) atoms. The third-order valence-corrected chi connectivity index (χ3v) is 5.09. The van der Waals surface area contributed by atoms with Gasteiger partial charge in [-0.15, -0.1) is 0 Å². The molecule has 11 heteroatoms. The molecule has 0 aliphatic carbocycles. The summed E-state index contributed by atoms with van der Waals surface area (Å²) >= 11 is 0.789. The van der Waals surface area contributed by atoms with Crippen LogP contribution < -0.4 is 21.1 Å². The van der Waals surface area contributed by atoms with Crippen molar-refractivity contribution < 1.29 is 27.8 Å². The molecule has 1 fully saturated rings. The number of aryl methyl sites for hydroxylation is 1. The maximum Gasteiger partial charge on any atom is 0.320 e. The summed E-state index contributed by atoms with van der Waals surface area (Å²) < 4.78 is 42.3. The first-order valence-electron chi connectivity index (χ1n) is 8.88. The fourth-order valence-electron chi connectivity index (χ4n) is 2.78. The first-order valence-corrected chi connectivity index (χ1v) is 9.65. The van der Waals surface area contributed by atoms with E-state index in [1.54, 1.807) is 0 Å². The van der Waals surface area contributed by atoms with Crippen LogP contribution in [0.3, 0.4) is 0 Å². The SMILES string of the molecule is Cc1cc(F)c(COc2nsc(NC(=O)NCC3CCCO3)c2C(N)=O)cc1F. The number of nitrogens with two attached hydrogens (primary N) is 1. The van der Waals surface area contributed by atoms with E-state index in [1.165, 1.54) is 6.92 Å². The highest BCUT2D eigenvalue weighted by molar-refractivity contribution is 7.11. The zero-order valence-electron chi connectivity index (χ0n) is 15.6. The zero-order valence-corrected chi connectivity index (χ0v) is 16.4. The summed E-state index contributed by atoms with van der Waals surface area (Å²) in [4.78, 5) is 23.9. The number of amides is 3. The fraction of sp³-hybridized carbons (Fsp3) is 0.389. The normalized spacial score (nSPS) is 15.9. The number of halogens is 2. The Morgan fingerprint density at radius 2 is 2.17 bits per heavy atom. The van der Waals surface area contributed by atoms with Crippen LogP contribution in [0.1, 0.15) is 34.3 Å². The highest BCUT2D eigenvalue weighted by Gasteiger charge is 2.23. The zero-order chi connectivity index (χ0) is 21.0. The molecule has 0 saturated carbocycles. The van der Waals surface area contributed by atoms with Crippen LogP contribution >= 0.6 is 11.5 Å². The first-order chi connectivity index (χ1) is 13.8. The van der Waals surface area contributed by atoms with E-state index in [0.717, 1.165) is 36.5 Å². The number of ether oxygens (including phenoxy) is 2. The molecule has 0 radical (unpaired) electrons. The number of aromatic nitrogens is 1. The lowest BCUT2D eigenvalue weighted by Gasteiger charge is -2.11. The number of rotatable bonds is 7. The Morgan fingerprint density at radius 1 is 1.38 bits per heavy atom. The van der Waals surface area contributed by atoms with Gasteiger partial charge in [0.05, 0.1) is 6.10 Å². The predicted octanol–water partition coefficient (Wildman–Crippen LogP) is 2.71. The van der Waals surface area contributed by atoms with Crippen molar-refractivity contribution in [3.63, 3.8) is 0 Å².